The maximum Gasteiger partial charge on any atom is 0.324 e. The number of benzene rings is 3. The highest BCUT2D eigenvalue weighted by atomic mass is 32.2. The van der Waals surface area contributed by atoms with Gasteiger partial charge in [0.2, 0.25) is 10.0 Å². The first-order chi connectivity index (χ1) is 17.2. The Balaban J connectivity index is 1.51. The monoisotopic (exact) mass is 510 g/mol. The van der Waals surface area contributed by atoms with E-state index in [1.807, 2.05) is 44.2 Å². The zero-order chi connectivity index (χ0) is 25.7. The molecule has 0 spiro atoms. The lowest BCUT2D eigenvalue weighted by atomic mass is 9.92. The molecule has 0 saturated carbocycles. The molecular weight excluding hydrogens is 479 g/mol. The van der Waals surface area contributed by atoms with E-state index in [9.17, 15) is 17.6 Å². The molecule has 0 bridgehead atoms. The first-order valence-electron chi connectivity index (χ1n) is 12.0. The van der Waals surface area contributed by atoms with Crippen molar-refractivity contribution in [3.05, 3.63) is 101 Å². The average molecular weight is 511 g/mol. The number of sulfonamides is 1. The molecule has 0 unspecified atom stereocenters. The molecule has 2 N–H and O–H groups in total. The second kappa shape index (κ2) is 11.3. The maximum absolute atomic E-state index is 13.6. The Morgan fingerprint density at radius 1 is 1.08 bits per heavy atom. The first-order valence-corrected chi connectivity index (χ1v) is 13.5. The Morgan fingerprint density at radius 3 is 2.50 bits per heavy atom. The molecule has 6 nitrogen and oxygen atoms in total. The normalized spacial score (nSPS) is 19.0. The Bertz CT molecular complexity index is 1300. The minimum atomic E-state index is -3.94. The van der Waals surface area contributed by atoms with Crippen molar-refractivity contribution in [2.45, 2.75) is 56.2 Å². The molecule has 1 aliphatic heterocycles. The fourth-order valence-electron chi connectivity index (χ4n) is 4.50. The van der Waals surface area contributed by atoms with Crippen LogP contribution < -0.4 is 10.0 Å². The second-order valence-electron chi connectivity index (χ2n) is 9.27. The van der Waals surface area contributed by atoms with Crippen LogP contribution in [0.1, 0.15) is 41.1 Å². The summed E-state index contributed by atoms with van der Waals surface area (Å²) in [6.45, 7) is 4.35. The van der Waals surface area contributed by atoms with Crippen LogP contribution in [0, 0.1) is 19.7 Å². The van der Waals surface area contributed by atoms with Gasteiger partial charge in [-0.15, -0.1) is 0 Å². The molecule has 190 valence electrons. The molecule has 8 heteroatoms. The van der Waals surface area contributed by atoms with Gasteiger partial charge >= 0.3 is 5.97 Å². The summed E-state index contributed by atoms with van der Waals surface area (Å²) in [7, 11) is -3.94. The Morgan fingerprint density at radius 2 is 1.81 bits per heavy atom. The molecule has 0 radical (unpaired) electrons. The van der Waals surface area contributed by atoms with Gasteiger partial charge in [0.1, 0.15) is 18.0 Å². The number of ether oxygens (including phenoxy) is 1. The molecule has 0 amide bonds. The minimum absolute atomic E-state index is 0.0889. The number of piperidine rings is 1. The van der Waals surface area contributed by atoms with Crippen molar-refractivity contribution in [2.75, 3.05) is 6.54 Å². The highest BCUT2D eigenvalue weighted by molar-refractivity contribution is 7.89. The first kappa shape index (κ1) is 26.0. The molecule has 3 aromatic rings. The van der Waals surface area contributed by atoms with Gasteiger partial charge in [-0.25, -0.2) is 12.8 Å². The molecule has 3 aromatic carbocycles. The summed E-state index contributed by atoms with van der Waals surface area (Å²) in [5, 5.41) is 3.41. The second-order valence-corrected chi connectivity index (χ2v) is 11.0. The third kappa shape index (κ3) is 6.57. The lowest BCUT2D eigenvalue weighted by molar-refractivity contribution is -0.152. The SMILES string of the molecule is Cc1ccc(S(=O)(=O)N[C@H](Cc2ccccc2)C(=O)O[C@H]2CCN[C@@H](c3ccc(F)cc3C)C2)cc1. The molecule has 1 saturated heterocycles. The van der Waals surface area contributed by atoms with Crippen LogP contribution in [0.15, 0.2) is 77.7 Å². The summed E-state index contributed by atoms with van der Waals surface area (Å²) in [6.07, 6.45) is 0.887. The van der Waals surface area contributed by atoms with Gasteiger partial charge < -0.3 is 10.1 Å². The van der Waals surface area contributed by atoms with E-state index in [0.717, 1.165) is 22.3 Å². The predicted octanol–water partition coefficient (Wildman–Crippen LogP) is 4.37. The standard InChI is InChI=1S/C28H31FN2O4S/c1-19-8-11-24(12-9-19)36(33,34)31-27(17-21-6-4-3-5-7-21)28(32)35-23-14-15-30-26(18-23)25-13-10-22(29)16-20(25)2/h3-13,16,23,26-27,30-31H,14-15,17-18H2,1-2H3/t23-,26+,27+/m0/s1. The van der Waals surface area contributed by atoms with E-state index in [1.54, 1.807) is 18.2 Å². The van der Waals surface area contributed by atoms with Gasteiger partial charge in [0, 0.05) is 12.5 Å². The Hall–Kier alpha value is -3.07. The topological polar surface area (TPSA) is 84.5 Å². The predicted molar refractivity (Wildman–Crippen MR) is 136 cm³/mol. The fourth-order valence-corrected chi connectivity index (χ4v) is 5.68. The Kier molecular flexibility index (Phi) is 8.18. The van der Waals surface area contributed by atoms with Crippen LogP contribution in [0.25, 0.3) is 0 Å². The van der Waals surface area contributed by atoms with E-state index in [-0.39, 0.29) is 23.2 Å². The van der Waals surface area contributed by atoms with Crippen molar-refractivity contribution >= 4 is 16.0 Å². The third-order valence-corrected chi connectivity index (χ3v) is 7.93. The van der Waals surface area contributed by atoms with E-state index in [2.05, 4.69) is 10.0 Å². The number of hydrogen-bond acceptors (Lipinski definition) is 5. The molecule has 1 aliphatic rings. The van der Waals surface area contributed by atoms with Gasteiger partial charge in [-0.05, 0) is 74.2 Å². The largest absolute Gasteiger partial charge is 0.461 e. The summed E-state index contributed by atoms with van der Waals surface area (Å²) in [4.78, 5) is 13.4. The smallest absolute Gasteiger partial charge is 0.324 e. The van der Waals surface area contributed by atoms with Gasteiger partial charge in [-0.3, -0.25) is 4.79 Å². The van der Waals surface area contributed by atoms with Crippen molar-refractivity contribution in [1.29, 1.82) is 0 Å². The Labute approximate surface area is 211 Å². The number of aryl methyl sites for hydroxylation is 2. The zero-order valence-electron chi connectivity index (χ0n) is 20.4. The van der Waals surface area contributed by atoms with E-state index >= 15 is 0 Å². The third-order valence-electron chi connectivity index (χ3n) is 6.44. The number of hydrogen-bond donors (Lipinski definition) is 2. The maximum atomic E-state index is 13.6. The quantitative estimate of drug-likeness (QED) is 0.440. The van der Waals surface area contributed by atoms with Crippen molar-refractivity contribution in [3.63, 3.8) is 0 Å². The van der Waals surface area contributed by atoms with E-state index in [4.69, 9.17) is 4.74 Å². The van der Waals surface area contributed by atoms with Gasteiger partial charge in [0.15, 0.2) is 0 Å². The molecule has 0 aliphatic carbocycles. The number of nitrogens with one attached hydrogen (secondary N) is 2. The summed E-state index contributed by atoms with van der Waals surface area (Å²) >= 11 is 0. The number of carbonyl (C=O) groups excluding carboxylic acids is 1. The van der Waals surface area contributed by atoms with Crippen LogP contribution in [0.4, 0.5) is 4.39 Å². The molecule has 0 aromatic heterocycles. The summed E-state index contributed by atoms with van der Waals surface area (Å²) in [6, 6.07) is 19.2. The summed E-state index contributed by atoms with van der Waals surface area (Å²) < 4.78 is 48.2. The summed E-state index contributed by atoms with van der Waals surface area (Å²) in [5.74, 6) is -0.907. The fraction of sp³-hybridized carbons (Fsp3) is 0.321. The van der Waals surface area contributed by atoms with Crippen molar-refractivity contribution in [3.8, 4) is 0 Å². The highest BCUT2D eigenvalue weighted by Gasteiger charge is 2.32. The lowest BCUT2D eigenvalue weighted by Gasteiger charge is -2.32. The van der Waals surface area contributed by atoms with Crippen LogP contribution in [0.3, 0.4) is 0 Å². The molecule has 1 heterocycles. The van der Waals surface area contributed by atoms with Gasteiger partial charge in [-0.1, -0.05) is 54.1 Å². The van der Waals surface area contributed by atoms with E-state index < -0.39 is 28.1 Å². The number of rotatable bonds is 8. The van der Waals surface area contributed by atoms with Gasteiger partial charge in [-0.2, -0.15) is 4.72 Å². The molecule has 3 atom stereocenters. The van der Waals surface area contributed by atoms with Crippen molar-refractivity contribution in [2.24, 2.45) is 0 Å². The number of halogens is 1. The van der Waals surface area contributed by atoms with Gasteiger partial charge in [0.25, 0.3) is 0 Å². The van der Waals surface area contributed by atoms with Crippen LogP contribution in [-0.4, -0.2) is 33.1 Å². The lowest BCUT2D eigenvalue weighted by Crippen LogP contribution is -2.46. The van der Waals surface area contributed by atoms with Crippen molar-refractivity contribution in [1.82, 2.24) is 10.0 Å². The van der Waals surface area contributed by atoms with Crippen LogP contribution in [0.5, 0.6) is 0 Å². The molecule has 1 fully saturated rings. The number of carbonyl (C=O) groups is 1. The van der Waals surface area contributed by atoms with E-state index in [0.29, 0.717) is 19.4 Å². The van der Waals surface area contributed by atoms with Gasteiger partial charge in [0.05, 0.1) is 4.90 Å². The molecule has 36 heavy (non-hydrogen) atoms. The average Bonchev–Trinajstić information content (AvgIpc) is 2.84. The van der Waals surface area contributed by atoms with Crippen LogP contribution in [-0.2, 0) is 26.0 Å². The zero-order valence-corrected chi connectivity index (χ0v) is 21.2. The van der Waals surface area contributed by atoms with Crippen molar-refractivity contribution < 1.29 is 22.3 Å². The van der Waals surface area contributed by atoms with Crippen LogP contribution in [0.2, 0.25) is 0 Å². The molecule has 4 rings (SSSR count). The summed E-state index contributed by atoms with van der Waals surface area (Å²) in [5.41, 5.74) is 3.53. The van der Waals surface area contributed by atoms with E-state index in [1.165, 1.54) is 24.3 Å². The highest BCUT2D eigenvalue weighted by Crippen LogP contribution is 2.28. The minimum Gasteiger partial charge on any atom is -0.461 e. The number of esters is 1. The molecular formula is C28H31FN2O4S. The van der Waals surface area contributed by atoms with Crippen LogP contribution >= 0.6 is 0 Å².